The fraction of sp³-hybridized carbons (Fsp3) is 0.529. The van der Waals surface area contributed by atoms with Gasteiger partial charge in [0.1, 0.15) is 0 Å². The number of methoxy groups -OCH3 is 2. The summed E-state index contributed by atoms with van der Waals surface area (Å²) >= 11 is 3.20. The van der Waals surface area contributed by atoms with Crippen LogP contribution in [0.4, 0.5) is 0 Å². The van der Waals surface area contributed by atoms with Crippen LogP contribution in [0, 0.1) is 17.3 Å². The molecule has 0 saturated carbocycles. The smallest absolute Gasteiger partial charge is 0.324 e. The zero-order valence-corrected chi connectivity index (χ0v) is 14.6. The van der Waals surface area contributed by atoms with Crippen LogP contribution in [-0.4, -0.2) is 26.2 Å². The third kappa shape index (κ3) is 4.74. The first-order valence-electron chi connectivity index (χ1n) is 7.14. The first-order valence-corrected chi connectivity index (χ1v) is 7.93. The summed E-state index contributed by atoms with van der Waals surface area (Å²) < 4.78 is 10.1. The highest BCUT2D eigenvalue weighted by Gasteiger charge is 2.48. The van der Waals surface area contributed by atoms with Gasteiger partial charge in [0.2, 0.25) is 0 Å². The lowest BCUT2D eigenvalue weighted by molar-refractivity contribution is -0.168. The molecular formula is C17H21BrO4. The SMILES string of the molecule is C=C(Br)CC(CC#CC1=CCCCC1)(C(=O)OC)C(=O)OC. The number of ether oxygens (including phenoxy) is 2. The van der Waals surface area contributed by atoms with Gasteiger partial charge >= 0.3 is 11.9 Å². The average molecular weight is 369 g/mol. The van der Waals surface area contributed by atoms with Crippen molar-refractivity contribution in [2.24, 2.45) is 5.41 Å². The fourth-order valence-corrected chi connectivity index (χ4v) is 2.89. The van der Waals surface area contributed by atoms with E-state index in [0.29, 0.717) is 4.48 Å². The molecule has 5 heteroatoms. The van der Waals surface area contributed by atoms with Crippen molar-refractivity contribution in [1.82, 2.24) is 0 Å². The van der Waals surface area contributed by atoms with Crippen LogP contribution in [0.25, 0.3) is 0 Å². The van der Waals surface area contributed by atoms with Gasteiger partial charge in [-0.3, -0.25) is 9.59 Å². The van der Waals surface area contributed by atoms with Crippen LogP contribution < -0.4 is 0 Å². The molecule has 120 valence electrons. The van der Waals surface area contributed by atoms with Gasteiger partial charge in [-0.2, -0.15) is 0 Å². The van der Waals surface area contributed by atoms with Gasteiger partial charge in [0, 0.05) is 12.8 Å². The number of allylic oxidation sites excluding steroid dienone is 3. The van der Waals surface area contributed by atoms with Gasteiger partial charge in [0.15, 0.2) is 5.41 Å². The molecule has 0 bridgehead atoms. The highest BCUT2D eigenvalue weighted by Crippen LogP contribution is 2.34. The Bertz CT molecular complexity index is 521. The van der Waals surface area contributed by atoms with Crippen LogP contribution in [0.2, 0.25) is 0 Å². The zero-order valence-electron chi connectivity index (χ0n) is 13.0. The molecule has 0 aliphatic heterocycles. The van der Waals surface area contributed by atoms with Crippen molar-refractivity contribution >= 4 is 27.9 Å². The summed E-state index contributed by atoms with van der Waals surface area (Å²) in [5, 5.41) is 0. The van der Waals surface area contributed by atoms with E-state index in [1.54, 1.807) is 0 Å². The van der Waals surface area contributed by atoms with Crippen molar-refractivity contribution in [3.8, 4) is 11.8 Å². The van der Waals surface area contributed by atoms with Crippen molar-refractivity contribution in [3.05, 3.63) is 22.7 Å². The number of hydrogen-bond acceptors (Lipinski definition) is 4. The van der Waals surface area contributed by atoms with E-state index < -0.39 is 17.4 Å². The molecule has 1 aliphatic carbocycles. The Labute approximate surface area is 140 Å². The Morgan fingerprint density at radius 2 is 1.95 bits per heavy atom. The molecule has 0 spiro atoms. The van der Waals surface area contributed by atoms with E-state index in [9.17, 15) is 9.59 Å². The molecule has 1 rings (SSSR count). The second kappa shape index (κ2) is 8.79. The molecule has 0 fully saturated rings. The van der Waals surface area contributed by atoms with Crippen LogP contribution in [-0.2, 0) is 19.1 Å². The molecule has 0 saturated heterocycles. The fourth-order valence-electron chi connectivity index (χ4n) is 2.41. The molecule has 1 aliphatic rings. The second-order valence-corrected chi connectivity index (χ2v) is 6.33. The van der Waals surface area contributed by atoms with E-state index >= 15 is 0 Å². The van der Waals surface area contributed by atoms with Crippen LogP contribution in [0.1, 0.15) is 38.5 Å². The van der Waals surface area contributed by atoms with Gasteiger partial charge in [-0.25, -0.2) is 0 Å². The summed E-state index contributed by atoms with van der Waals surface area (Å²) in [5.41, 5.74) is -0.417. The Hall–Kier alpha value is -1.54. The Morgan fingerprint density at radius 1 is 1.32 bits per heavy atom. The maximum absolute atomic E-state index is 12.2. The lowest BCUT2D eigenvalue weighted by Gasteiger charge is -2.25. The summed E-state index contributed by atoms with van der Waals surface area (Å²) in [6.07, 6.45) is 6.51. The van der Waals surface area contributed by atoms with Crippen LogP contribution in [0.15, 0.2) is 22.7 Å². The van der Waals surface area contributed by atoms with Crippen molar-refractivity contribution in [2.75, 3.05) is 14.2 Å². The van der Waals surface area contributed by atoms with E-state index in [-0.39, 0.29) is 12.8 Å². The zero-order chi connectivity index (χ0) is 16.6. The minimum atomic E-state index is -1.48. The van der Waals surface area contributed by atoms with Gasteiger partial charge < -0.3 is 9.47 Å². The first-order chi connectivity index (χ1) is 10.5. The lowest BCUT2D eigenvalue weighted by Crippen LogP contribution is -2.41. The van der Waals surface area contributed by atoms with Gasteiger partial charge in [0.25, 0.3) is 0 Å². The molecule has 0 aromatic carbocycles. The quantitative estimate of drug-likeness (QED) is 0.423. The summed E-state index contributed by atoms with van der Waals surface area (Å²) in [7, 11) is 2.49. The molecule has 4 nitrogen and oxygen atoms in total. The van der Waals surface area contributed by atoms with Crippen molar-refractivity contribution < 1.29 is 19.1 Å². The average Bonchev–Trinajstić information content (AvgIpc) is 2.52. The summed E-state index contributed by atoms with van der Waals surface area (Å²) in [6.45, 7) is 3.71. The number of halogens is 1. The number of carbonyl (C=O) groups excluding carboxylic acids is 2. The molecule has 0 aromatic heterocycles. The van der Waals surface area contributed by atoms with Crippen LogP contribution in [0.3, 0.4) is 0 Å². The first kappa shape index (κ1) is 18.5. The van der Waals surface area contributed by atoms with Gasteiger partial charge in [0.05, 0.1) is 14.2 Å². The Balaban J connectivity index is 3.05. The second-order valence-electron chi connectivity index (χ2n) is 5.21. The van der Waals surface area contributed by atoms with E-state index in [4.69, 9.17) is 9.47 Å². The molecule has 22 heavy (non-hydrogen) atoms. The largest absolute Gasteiger partial charge is 0.468 e. The predicted molar refractivity (Wildman–Crippen MR) is 88.1 cm³/mol. The summed E-state index contributed by atoms with van der Waals surface area (Å²) in [4.78, 5) is 24.4. The number of rotatable bonds is 5. The van der Waals surface area contributed by atoms with Gasteiger partial charge in [-0.15, -0.1) is 0 Å². The highest BCUT2D eigenvalue weighted by molar-refractivity contribution is 9.11. The molecule has 0 N–H and O–H groups in total. The topological polar surface area (TPSA) is 52.6 Å². The van der Waals surface area contributed by atoms with Crippen molar-refractivity contribution in [3.63, 3.8) is 0 Å². The monoisotopic (exact) mass is 368 g/mol. The maximum atomic E-state index is 12.2. The molecule has 0 unspecified atom stereocenters. The molecular weight excluding hydrogens is 348 g/mol. The van der Waals surface area contributed by atoms with Gasteiger partial charge in [-0.1, -0.05) is 40.4 Å². The highest BCUT2D eigenvalue weighted by atomic mass is 79.9. The van der Waals surface area contributed by atoms with E-state index in [1.807, 2.05) is 0 Å². The standard InChI is InChI=1S/C17H21BrO4/c1-13(18)12-17(15(19)21-2,16(20)22-3)11-7-10-14-8-5-4-6-9-14/h8H,1,4-6,9,11-12H2,2-3H3. The van der Waals surface area contributed by atoms with E-state index in [1.165, 1.54) is 20.6 Å². The number of carbonyl (C=O) groups is 2. The van der Waals surface area contributed by atoms with Crippen LogP contribution >= 0.6 is 15.9 Å². The summed E-state index contributed by atoms with van der Waals surface area (Å²) in [6, 6.07) is 0. The lowest BCUT2D eigenvalue weighted by atomic mass is 9.81. The minimum Gasteiger partial charge on any atom is -0.468 e. The molecule has 0 heterocycles. The van der Waals surface area contributed by atoms with E-state index in [2.05, 4.69) is 40.4 Å². The number of esters is 2. The Morgan fingerprint density at radius 3 is 2.41 bits per heavy atom. The van der Waals surface area contributed by atoms with Crippen LogP contribution in [0.5, 0.6) is 0 Å². The normalized spacial score (nSPS) is 14.2. The summed E-state index contributed by atoms with van der Waals surface area (Å²) in [5.74, 6) is 4.69. The van der Waals surface area contributed by atoms with E-state index in [0.717, 1.165) is 24.8 Å². The third-order valence-electron chi connectivity index (χ3n) is 3.58. The molecule has 0 amide bonds. The van der Waals surface area contributed by atoms with Crippen molar-refractivity contribution in [2.45, 2.75) is 38.5 Å². The van der Waals surface area contributed by atoms with Gasteiger partial charge in [-0.05, 0) is 35.7 Å². The maximum Gasteiger partial charge on any atom is 0.324 e. The third-order valence-corrected chi connectivity index (χ3v) is 3.86. The minimum absolute atomic E-state index is 0.0360. The number of hydrogen-bond donors (Lipinski definition) is 0. The molecule has 0 radical (unpaired) electrons. The Kier molecular flexibility index (Phi) is 7.40. The molecule has 0 atom stereocenters. The predicted octanol–water partition coefficient (Wildman–Crippen LogP) is 3.51. The molecule has 0 aromatic rings. The van der Waals surface area contributed by atoms with Crippen molar-refractivity contribution in [1.29, 1.82) is 0 Å².